The Morgan fingerprint density at radius 1 is 0.903 bits per heavy atom. The molecule has 154 valence electrons. The van der Waals surface area contributed by atoms with E-state index >= 15 is 0 Å². The van der Waals surface area contributed by atoms with Crippen molar-refractivity contribution in [3.8, 4) is 11.4 Å². The molecule has 0 spiro atoms. The zero-order valence-corrected chi connectivity index (χ0v) is 17.7. The molecule has 1 aromatic carbocycles. The smallest absolute Gasteiger partial charge is 0.174 e. The fourth-order valence-corrected chi connectivity index (χ4v) is 4.40. The first-order valence-corrected chi connectivity index (χ1v) is 10.4. The number of nitrogens with zero attached hydrogens (tertiary/aromatic N) is 4. The zero-order chi connectivity index (χ0) is 21.2. The van der Waals surface area contributed by atoms with Gasteiger partial charge in [-0.25, -0.2) is 0 Å². The molecule has 2 unspecified atom stereocenters. The van der Waals surface area contributed by atoms with Gasteiger partial charge in [0.1, 0.15) is 11.8 Å². The van der Waals surface area contributed by atoms with Gasteiger partial charge in [0, 0.05) is 41.9 Å². The van der Waals surface area contributed by atoms with Gasteiger partial charge in [0.15, 0.2) is 5.11 Å². The van der Waals surface area contributed by atoms with Crippen LogP contribution in [-0.4, -0.2) is 26.8 Å². The molecule has 4 heterocycles. The molecule has 7 heteroatoms. The molecule has 1 fully saturated rings. The van der Waals surface area contributed by atoms with Crippen molar-refractivity contribution in [1.29, 1.82) is 0 Å². The fourth-order valence-electron chi connectivity index (χ4n) is 4.05. The molecular weight excluding hydrogens is 406 g/mol. The van der Waals surface area contributed by atoms with E-state index in [1.165, 1.54) is 0 Å². The highest BCUT2D eigenvalue weighted by atomic mass is 32.1. The second kappa shape index (κ2) is 8.20. The van der Waals surface area contributed by atoms with Crippen molar-refractivity contribution in [2.75, 3.05) is 12.0 Å². The second-order valence-corrected chi connectivity index (χ2v) is 7.59. The van der Waals surface area contributed by atoms with E-state index in [-0.39, 0.29) is 12.1 Å². The van der Waals surface area contributed by atoms with E-state index in [1.54, 1.807) is 19.5 Å². The van der Waals surface area contributed by atoms with Crippen LogP contribution in [0.15, 0.2) is 91.5 Å². The summed E-state index contributed by atoms with van der Waals surface area (Å²) in [4.78, 5) is 10.9. The quantitative estimate of drug-likeness (QED) is 0.475. The Balaban J connectivity index is 1.65. The third kappa shape index (κ3) is 3.53. The molecule has 5 rings (SSSR count). The summed E-state index contributed by atoms with van der Waals surface area (Å²) in [6, 6.07) is 21.9. The van der Waals surface area contributed by atoms with Gasteiger partial charge in [0.25, 0.3) is 0 Å². The Hall–Kier alpha value is -3.71. The summed E-state index contributed by atoms with van der Waals surface area (Å²) in [5.41, 5.74) is 4.07. The van der Waals surface area contributed by atoms with Gasteiger partial charge < -0.3 is 19.5 Å². The molecule has 0 bridgehead atoms. The van der Waals surface area contributed by atoms with Crippen LogP contribution in [0.5, 0.6) is 5.75 Å². The summed E-state index contributed by atoms with van der Waals surface area (Å²) in [6.07, 6.45) is 7.48. The zero-order valence-electron chi connectivity index (χ0n) is 16.9. The summed E-state index contributed by atoms with van der Waals surface area (Å²) < 4.78 is 7.51. The van der Waals surface area contributed by atoms with Gasteiger partial charge in [-0.15, -0.1) is 0 Å². The normalized spacial score (nSPS) is 18.1. The monoisotopic (exact) mass is 427 g/mol. The molecule has 0 radical (unpaired) electrons. The van der Waals surface area contributed by atoms with E-state index in [2.05, 4.69) is 43.1 Å². The maximum atomic E-state index is 5.81. The lowest BCUT2D eigenvalue weighted by Gasteiger charge is -2.29. The van der Waals surface area contributed by atoms with Gasteiger partial charge >= 0.3 is 0 Å². The summed E-state index contributed by atoms with van der Waals surface area (Å²) >= 11 is 5.81. The van der Waals surface area contributed by atoms with Crippen LogP contribution in [0.1, 0.15) is 23.5 Å². The first-order valence-electron chi connectivity index (χ1n) is 9.98. The molecule has 0 amide bonds. The van der Waals surface area contributed by atoms with Crippen molar-refractivity contribution in [3.05, 3.63) is 103 Å². The Bertz CT molecular complexity index is 1180. The number of pyridine rings is 2. The number of nitrogens with one attached hydrogen (secondary N) is 1. The van der Waals surface area contributed by atoms with E-state index < -0.39 is 0 Å². The molecule has 31 heavy (non-hydrogen) atoms. The standard InChI is InChI=1S/C24H21N5OS/c1-30-19-9-7-18(8-10-19)29-23(22(27-24(29)31)20-5-2-3-13-26-20)21-6-4-16-28(21)17-11-14-25-15-12-17/h2-16,22-23H,1H3,(H,27,31). The molecule has 1 N–H and O–H groups in total. The lowest BCUT2D eigenvalue weighted by atomic mass is 10.0. The van der Waals surface area contributed by atoms with E-state index in [0.29, 0.717) is 5.11 Å². The van der Waals surface area contributed by atoms with E-state index in [9.17, 15) is 0 Å². The molecular formula is C24H21N5OS. The van der Waals surface area contributed by atoms with Crippen LogP contribution >= 0.6 is 12.2 Å². The third-order valence-electron chi connectivity index (χ3n) is 5.47. The third-order valence-corrected chi connectivity index (χ3v) is 5.79. The van der Waals surface area contributed by atoms with Crippen LogP contribution in [0.2, 0.25) is 0 Å². The molecule has 0 saturated carbocycles. The van der Waals surface area contributed by atoms with Crippen molar-refractivity contribution in [3.63, 3.8) is 0 Å². The lowest BCUT2D eigenvalue weighted by Crippen LogP contribution is -2.30. The van der Waals surface area contributed by atoms with Gasteiger partial charge in [-0.3, -0.25) is 9.97 Å². The number of hydrogen-bond donors (Lipinski definition) is 1. The number of ether oxygens (including phenoxy) is 1. The maximum absolute atomic E-state index is 5.81. The van der Waals surface area contributed by atoms with Gasteiger partial charge in [0.05, 0.1) is 18.8 Å². The van der Waals surface area contributed by atoms with Gasteiger partial charge in [-0.1, -0.05) is 6.07 Å². The summed E-state index contributed by atoms with van der Waals surface area (Å²) in [5.74, 6) is 0.805. The van der Waals surface area contributed by atoms with Crippen LogP contribution in [0.25, 0.3) is 5.69 Å². The largest absolute Gasteiger partial charge is 0.497 e. The highest BCUT2D eigenvalue weighted by Gasteiger charge is 2.42. The Morgan fingerprint density at radius 3 is 2.42 bits per heavy atom. The topological polar surface area (TPSA) is 55.2 Å². The highest BCUT2D eigenvalue weighted by molar-refractivity contribution is 7.80. The highest BCUT2D eigenvalue weighted by Crippen LogP contribution is 2.42. The number of benzene rings is 1. The minimum atomic E-state index is -0.105. The summed E-state index contributed by atoms with van der Waals surface area (Å²) in [6.45, 7) is 0. The number of aromatic nitrogens is 3. The number of hydrogen-bond acceptors (Lipinski definition) is 4. The van der Waals surface area contributed by atoms with Crippen LogP contribution < -0.4 is 15.0 Å². The van der Waals surface area contributed by atoms with Crippen molar-refractivity contribution in [1.82, 2.24) is 19.9 Å². The average molecular weight is 428 g/mol. The molecule has 1 aliphatic rings. The Kier molecular flexibility index (Phi) is 5.09. The van der Waals surface area contributed by atoms with E-state index in [0.717, 1.165) is 28.5 Å². The summed E-state index contributed by atoms with van der Waals surface area (Å²) in [7, 11) is 1.67. The van der Waals surface area contributed by atoms with Crippen LogP contribution in [0.3, 0.4) is 0 Å². The number of rotatable bonds is 5. The minimum absolute atomic E-state index is 0.0982. The van der Waals surface area contributed by atoms with Gasteiger partial charge in [-0.05, 0) is 72.9 Å². The average Bonchev–Trinajstić information content (AvgIpc) is 3.44. The Labute approximate surface area is 186 Å². The molecule has 4 aromatic rings. The number of anilines is 1. The number of thiocarbonyl (C=S) groups is 1. The molecule has 0 aliphatic carbocycles. The molecule has 1 aliphatic heterocycles. The molecule has 3 aromatic heterocycles. The Morgan fingerprint density at radius 2 is 1.71 bits per heavy atom. The predicted octanol–water partition coefficient (Wildman–Crippen LogP) is 4.45. The van der Waals surface area contributed by atoms with Crippen LogP contribution in [-0.2, 0) is 0 Å². The van der Waals surface area contributed by atoms with E-state index in [1.807, 2.05) is 60.8 Å². The molecule has 6 nitrogen and oxygen atoms in total. The maximum Gasteiger partial charge on any atom is 0.174 e. The summed E-state index contributed by atoms with van der Waals surface area (Å²) in [5, 5.41) is 4.16. The van der Waals surface area contributed by atoms with Crippen molar-refractivity contribution < 1.29 is 4.74 Å². The second-order valence-electron chi connectivity index (χ2n) is 7.20. The van der Waals surface area contributed by atoms with Gasteiger partial charge in [-0.2, -0.15) is 0 Å². The van der Waals surface area contributed by atoms with Crippen molar-refractivity contribution in [2.45, 2.75) is 12.1 Å². The minimum Gasteiger partial charge on any atom is -0.497 e. The van der Waals surface area contributed by atoms with Crippen molar-refractivity contribution >= 4 is 23.0 Å². The fraction of sp³-hybridized carbons (Fsp3) is 0.125. The molecule has 2 atom stereocenters. The van der Waals surface area contributed by atoms with Crippen LogP contribution in [0.4, 0.5) is 5.69 Å². The first-order chi connectivity index (χ1) is 15.3. The van der Waals surface area contributed by atoms with Crippen molar-refractivity contribution in [2.24, 2.45) is 0 Å². The SMILES string of the molecule is COc1ccc(N2C(=S)NC(c3ccccn3)C2c2cccn2-c2ccncc2)cc1. The van der Waals surface area contributed by atoms with Crippen LogP contribution in [0, 0.1) is 0 Å². The van der Waals surface area contributed by atoms with E-state index in [4.69, 9.17) is 17.0 Å². The lowest BCUT2D eigenvalue weighted by molar-refractivity contribution is 0.415. The number of methoxy groups -OCH3 is 1. The predicted molar refractivity (Wildman–Crippen MR) is 124 cm³/mol. The molecule has 1 saturated heterocycles. The van der Waals surface area contributed by atoms with Gasteiger partial charge in [0.2, 0.25) is 0 Å². The first kappa shape index (κ1) is 19.3.